The number of aromatic nitrogens is 2. The molecule has 2 atom stereocenters. The summed E-state index contributed by atoms with van der Waals surface area (Å²) in [7, 11) is 0. The third-order valence-electron chi connectivity index (χ3n) is 4.51. The minimum atomic E-state index is -0.0362. The average Bonchev–Trinajstić information content (AvgIpc) is 2.75. The highest BCUT2D eigenvalue weighted by atomic mass is 15.1. The molecule has 18 heavy (non-hydrogen) atoms. The highest BCUT2D eigenvalue weighted by Gasteiger charge is 2.34. The first-order valence-corrected chi connectivity index (χ1v) is 7.33. The monoisotopic (exact) mass is 249 g/mol. The molecule has 1 aliphatic rings. The summed E-state index contributed by atoms with van der Waals surface area (Å²) in [6, 6.07) is 0. The van der Waals surface area contributed by atoms with Gasteiger partial charge >= 0.3 is 0 Å². The van der Waals surface area contributed by atoms with Gasteiger partial charge in [0.25, 0.3) is 0 Å². The van der Waals surface area contributed by atoms with Crippen LogP contribution in [0.5, 0.6) is 0 Å². The molecule has 1 aliphatic carbocycles. The van der Waals surface area contributed by atoms with E-state index in [-0.39, 0.29) is 5.54 Å². The zero-order chi connectivity index (χ0) is 13.2. The summed E-state index contributed by atoms with van der Waals surface area (Å²) >= 11 is 0. The Bertz CT molecular complexity index is 383. The SMILES string of the molecule is CCn1ccnc1CC1(N)CCCC(C(C)C)C1. The van der Waals surface area contributed by atoms with E-state index >= 15 is 0 Å². The van der Waals surface area contributed by atoms with Crippen LogP contribution in [0, 0.1) is 11.8 Å². The van der Waals surface area contributed by atoms with Gasteiger partial charge in [-0.15, -0.1) is 0 Å². The van der Waals surface area contributed by atoms with Gasteiger partial charge in [0.1, 0.15) is 5.82 Å². The van der Waals surface area contributed by atoms with Gasteiger partial charge in [-0.05, 0) is 31.6 Å². The molecule has 2 N–H and O–H groups in total. The van der Waals surface area contributed by atoms with Crippen molar-refractivity contribution in [3.63, 3.8) is 0 Å². The summed E-state index contributed by atoms with van der Waals surface area (Å²) in [5.41, 5.74) is 6.61. The van der Waals surface area contributed by atoms with E-state index in [1.54, 1.807) is 0 Å². The Morgan fingerprint density at radius 2 is 2.33 bits per heavy atom. The maximum atomic E-state index is 6.65. The first kappa shape index (κ1) is 13.6. The van der Waals surface area contributed by atoms with Crippen LogP contribution < -0.4 is 5.73 Å². The lowest BCUT2D eigenvalue weighted by molar-refractivity contribution is 0.179. The number of aryl methyl sites for hydroxylation is 1. The topological polar surface area (TPSA) is 43.8 Å². The summed E-state index contributed by atoms with van der Waals surface area (Å²) in [4.78, 5) is 4.48. The fourth-order valence-electron chi connectivity index (χ4n) is 3.28. The van der Waals surface area contributed by atoms with Crippen LogP contribution in [0.2, 0.25) is 0 Å². The highest BCUT2D eigenvalue weighted by Crippen LogP contribution is 2.36. The summed E-state index contributed by atoms with van der Waals surface area (Å²) in [5.74, 6) is 2.69. The Hall–Kier alpha value is -0.830. The van der Waals surface area contributed by atoms with Crippen molar-refractivity contribution in [3.05, 3.63) is 18.2 Å². The molecular formula is C15H27N3. The number of imidazole rings is 1. The molecule has 1 saturated carbocycles. The lowest BCUT2D eigenvalue weighted by atomic mass is 9.71. The maximum absolute atomic E-state index is 6.65. The van der Waals surface area contributed by atoms with E-state index in [0.29, 0.717) is 0 Å². The quantitative estimate of drug-likeness (QED) is 0.891. The van der Waals surface area contributed by atoms with Crippen LogP contribution in [0.25, 0.3) is 0 Å². The average molecular weight is 249 g/mol. The molecule has 102 valence electrons. The van der Waals surface area contributed by atoms with Gasteiger partial charge in [-0.25, -0.2) is 4.98 Å². The molecule has 1 aromatic heterocycles. The van der Waals surface area contributed by atoms with Gasteiger partial charge in [-0.3, -0.25) is 0 Å². The van der Waals surface area contributed by atoms with E-state index in [4.69, 9.17) is 5.73 Å². The van der Waals surface area contributed by atoms with Crippen LogP contribution in [0.4, 0.5) is 0 Å². The molecule has 1 fully saturated rings. The Morgan fingerprint density at radius 3 is 3.00 bits per heavy atom. The Labute approximate surface area is 111 Å². The molecule has 0 aromatic carbocycles. The zero-order valence-electron chi connectivity index (χ0n) is 12.0. The number of rotatable bonds is 4. The van der Waals surface area contributed by atoms with Crippen LogP contribution in [0.15, 0.2) is 12.4 Å². The number of hydrogen-bond acceptors (Lipinski definition) is 2. The van der Waals surface area contributed by atoms with Crippen LogP contribution >= 0.6 is 0 Å². The van der Waals surface area contributed by atoms with Gasteiger partial charge in [-0.2, -0.15) is 0 Å². The van der Waals surface area contributed by atoms with Crippen molar-refractivity contribution in [3.8, 4) is 0 Å². The first-order chi connectivity index (χ1) is 8.54. The second-order valence-electron chi connectivity index (χ2n) is 6.27. The molecule has 0 aliphatic heterocycles. The van der Waals surface area contributed by atoms with Gasteiger partial charge in [0.15, 0.2) is 0 Å². The zero-order valence-corrected chi connectivity index (χ0v) is 12.0. The number of hydrogen-bond donors (Lipinski definition) is 1. The second kappa shape index (κ2) is 5.43. The normalized spacial score (nSPS) is 28.8. The Morgan fingerprint density at radius 1 is 1.56 bits per heavy atom. The largest absolute Gasteiger partial charge is 0.335 e. The van der Waals surface area contributed by atoms with Crippen molar-refractivity contribution < 1.29 is 0 Å². The third kappa shape index (κ3) is 2.94. The standard InChI is InChI=1S/C15H27N3/c1-4-18-9-8-17-14(18)11-15(16)7-5-6-13(10-15)12(2)3/h8-9,12-13H,4-7,10-11,16H2,1-3H3. The predicted octanol–water partition coefficient (Wildman–Crippen LogP) is 2.99. The Kier molecular flexibility index (Phi) is 4.10. The molecule has 1 heterocycles. The molecule has 0 radical (unpaired) electrons. The summed E-state index contributed by atoms with van der Waals surface area (Å²) in [5, 5.41) is 0. The van der Waals surface area contributed by atoms with E-state index in [2.05, 4.69) is 36.5 Å². The van der Waals surface area contributed by atoms with Crippen molar-refractivity contribution >= 4 is 0 Å². The van der Waals surface area contributed by atoms with E-state index in [9.17, 15) is 0 Å². The summed E-state index contributed by atoms with van der Waals surface area (Å²) < 4.78 is 2.22. The fraction of sp³-hybridized carbons (Fsp3) is 0.800. The fourth-order valence-corrected chi connectivity index (χ4v) is 3.28. The van der Waals surface area contributed by atoms with Crippen LogP contribution in [0.1, 0.15) is 52.3 Å². The predicted molar refractivity (Wildman–Crippen MR) is 75.3 cm³/mol. The van der Waals surface area contributed by atoms with Crippen LogP contribution in [0.3, 0.4) is 0 Å². The molecule has 0 spiro atoms. The van der Waals surface area contributed by atoms with E-state index in [1.165, 1.54) is 12.8 Å². The molecule has 0 saturated heterocycles. The molecule has 2 unspecified atom stereocenters. The molecule has 0 bridgehead atoms. The summed E-state index contributed by atoms with van der Waals surface area (Å²) in [6.07, 6.45) is 9.79. The minimum absolute atomic E-state index is 0.0362. The van der Waals surface area contributed by atoms with E-state index < -0.39 is 0 Å². The molecular weight excluding hydrogens is 222 g/mol. The molecule has 3 nitrogen and oxygen atoms in total. The van der Waals surface area contributed by atoms with Crippen LogP contribution in [-0.2, 0) is 13.0 Å². The van der Waals surface area contributed by atoms with Gasteiger partial charge in [0.2, 0.25) is 0 Å². The highest BCUT2D eigenvalue weighted by molar-refractivity contribution is 5.03. The summed E-state index contributed by atoms with van der Waals surface area (Å²) in [6.45, 7) is 7.79. The Balaban J connectivity index is 2.07. The molecule has 0 amide bonds. The maximum Gasteiger partial charge on any atom is 0.110 e. The van der Waals surface area contributed by atoms with Crippen molar-refractivity contribution in [2.75, 3.05) is 0 Å². The lowest BCUT2D eigenvalue weighted by Crippen LogP contribution is -2.47. The number of nitrogens with two attached hydrogens (primary N) is 1. The van der Waals surface area contributed by atoms with Gasteiger partial charge < -0.3 is 10.3 Å². The molecule has 1 aromatic rings. The van der Waals surface area contributed by atoms with Crippen molar-refractivity contribution in [2.24, 2.45) is 17.6 Å². The third-order valence-corrected chi connectivity index (χ3v) is 4.51. The van der Waals surface area contributed by atoms with Gasteiger partial charge in [0.05, 0.1) is 0 Å². The van der Waals surface area contributed by atoms with Crippen LogP contribution in [-0.4, -0.2) is 15.1 Å². The first-order valence-electron chi connectivity index (χ1n) is 7.33. The van der Waals surface area contributed by atoms with Crippen molar-refractivity contribution in [2.45, 2.75) is 65.0 Å². The molecule has 3 heteroatoms. The smallest absolute Gasteiger partial charge is 0.110 e. The number of nitrogens with zero attached hydrogens (tertiary/aromatic N) is 2. The van der Waals surface area contributed by atoms with E-state index in [0.717, 1.165) is 43.5 Å². The van der Waals surface area contributed by atoms with Crippen molar-refractivity contribution in [1.29, 1.82) is 0 Å². The second-order valence-corrected chi connectivity index (χ2v) is 6.27. The van der Waals surface area contributed by atoms with Gasteiger partial charge in [-0.1, -0.05) is 26.7 Å². The van der Waals surface area contributed by atoms with Crippen molar-refractivity contribution in [1.82, 2.24) is 9.55 Å². The van der Waals surface area contributed by atoms with Gasteiger partial charge in [0, 0.05) is 30.9 Å². The molecule has 2 rings (SSSR count). The lowest BCUT2D eigenvalue weighted by Gasteiger charge is -2.39. The minimum Gasteiger partial charge on any atom is -0.335 e. The van der Waals surface area contributed by atoms with E-state index in [1.807, 2.05) is 6.20 Å².